The van der Waals surface area contributed by atoms with E-state index in [-0.39, 0.29) is 29.7 Å². The second-order valence-electron chi connectivity index (χ2n) is 7.89. The maximum atomic E-state index is 13.1. The van der Waals surface area contributed by atoms with Crippen molar-refractivity contribution in [2.45, 2.75) is 56.5 Å². The monoisotopic (exact) mass is 460 g/mol. The zero-order valence-electron chi connectivity index (χ0n) is 18.3. The Labute approximate surface area is 191 Å². The van der Waals surface area contributed by atoms with Crippen LogP contribution in [0.3, 0.4) is 0 Å². The quantitative estimate of drug-likeness (QED) is 0.364. The van der Waals surface area contributed by atoms with E-state index >= 15 is 0 Å². The lowest BCUT2D eigenvalue weighted by Gasteiger charge is -2.29. The lowest BCUT2D eigenvalue weighted by atomic mass is 9.85. The lowest BCUT2D eigenvalue weighted by Crippen LogP contribution is -2.41. The molecule has 3 rings (SSSR count). The number of nitrogens with one attached hydrogen (secondary N) is 3. The van der Waals surface area contributed by atoms with E-state index < -0.39 is 11.4 Å². The second-order valence-corrected chi connectivity index (χ2v) is 9.14. The van der Waals surface area contributed by atoms with Crippen LogP contribution in [0.1, 0.15) is 51.1 Å². The van der Waals surface area contributed by atoms with Gasteiger partial charge in [0.15, 0.2) is 4.90 Å². The van der Waals surface area contributed by atoms with Gasteiger partial charge in [-0.1, -0.05) is 12.1 Å². The van der Waals surface area contributed by atoms with Gasteiger partial charge in [0.1, 0.15) is 17.3 Å². The number of amides is 1. The van der Waals surface area contributed by atoms with Gasteiger partial charge in [0.2, 0.25) is 5.91 Å². The first-order valence-corrected chi connectivity index (χ1v) is 11.9. The number of carbonyl (C=O) groups excluding carboxylic acids is 1. The molecule has 0 saturated heterocycles. The largest absolute Gasteiger partial charge is 0.593 e. The van der Waals surface area contributed by atoms with Gasteiger partial charge in [-0.05, 0) is 69.4 Å². The Hall–Kier alpha value is -2.49. The van der Waals surface area contributed by atoms with E-state index in [1.165, 1.54) is 12.1 Å². The van der Waals surface area contributed by atoms with Gasteiger partial charge in [-0.3, -0.25) is 4.79 Å². The van der Waals surface area contributed by atoms with Crippen LogP contribution in [0.4, 0.5) is 10.1 Å². The van der Waals surface area contributed by atoms with E-state index in [4.69, 9.17) is 10.3 Å². The molecule has 1 aliphatic rings. The van der Waals surface area contributed by atoms with Crippen molar-refractivity contribution in [2.75, 3.05) is 6.61 Å². The molecule has 3 N–H and O–H groups in total. The van der Waals surface area contributed by atoms with E-state index in [9.17, 15) is 13.7 Å². The number of hydrogen-bond donors (Lipinski definition) is 3. The fraction of sp³-hybridized carbons (Fsp3) is 0.435. The summed E-state index contributed by atoms with van der Waals surface area (Å²) in [6.07, 6.45) is 2.88. The summed E-state index contributed by atoms with van der Waals surface area (Å²) in [6, 6.07) is 11.0. The minimum Gasteiger partial charge on any atom is -0.593 e. The van der Waals surface area contributed by atoms with Crippen LogP contribution in [0.25, 0.3) is 0 Å². The van der Waals surface area contributed by atoms with Crippen LogP contribution in [0.15, 0.2) is 52.5 Å². The summed E-state index contributed by atoms with van der Waals surface area (Å²) < 4.78 is 34.4. The summed E-state index contributed by atoms with van der Waals surface area (Å²) >= 11 is -1.44. The highest BCUT2D eigenvalue weighted by Crippen LogP contribution is 2.31. The molecule has 1 amide bonds. The van der Waals surface area contributed by atoms with Gasteiger partial charge in [0.05, 0.1) is 30.1 Å². The molecule has 2 atom stereocenters. The number of nitrogens with zero attached hydrogens (tertiary/aromatic N) is 1. The summed E-state index contributed by atoms with van der Waals surface area (Å²) in [5, 5.41) is 6.47. The van der Waals surface area contributed by atoms with E-state index in [1.807, 2.05) is 13.8 Å². The number of benzene rings is 2. The molecule has 0 aliphatic heterocycles. The molecule has 7 nitrogen and oxygen atoms in total. The topological polar surface area (TPSA) is 110 Å². The summed E-state index contributed by atoms with van der Waals surface area (Å²) in [4.78, 5) is 13.2. The van der Waals surface area contributed by atoms with Crippen LogP contribution >= 0.6 is 0 Å². The molecule has 2 aromatic carbocycles. The Morgan fingerprint density at radius 1 is 1.25 bits per heavy atom. The number of carbonyl (C=O) groups is 1. The summed E-state index contributed by atoms with van der Waals surface area (Å²) in [7, 11) is 0. The van der Waals surface area contributed by atoms with Gasteiger partial charge < -0.3 is 14.6 Å². The molecule has 0 radical (unpaired) electrons. The fourth-order valence-corrected chi connectivity index (χ4v) is 4.92. The third-order valence-corrected chi connectivity index (χ3v) is 6.89. The van der Waals surface area contributed by atoms with Crippen LogP contribution in [-0.2, 0) is 16.2 Å². The van der Waals surface area contributed by atoms with Crippen molar-refractivity contribution in [1.29, 1.82) is 5.53 Å². The minimum atomic E-state index is -1.44. The van der Waals surface area contributed by atoms with Crippen molar-refractivity contribution in [3.8, 4) is 5.75 Å². The zero-order valence-corrected chi connectivity index (χ0v) is 19.1. The molecule has 1 aliphatic carbocycles. The second kappa shape index (κ2) is 11.4. The number of rotatable bonds is 9. The van der Waals surface area contributed by atoms with E-state index in [1.54, 1.807) is 30.3 Å². The van der Waals surface area contributed by atoms with Crippen molar-refractivity contribution >= 4 is 23.0 Å². The predicted molar refractivity (Wildman–Crippen MR) is 121 cm³/mol. The highest BCUT2D eigenvalue weighted by Gasteiger charge is 2.30. The van der Waals surface area contributed by atoms with E-state index in [0.29, 0.717) is 35.8 Å². The smallest absolute Gasteiger partial charge is 0.223 e. The van der Waals surface area contributed by atoms with Gasteiger partial charge in [-0.15, -0.1) is 4.72 Å². The van der Waals surface area contributed by atoms with Crippen molar-refractivity contribution in [3.05, 3.63) is 53.8 Å². The summed E-state index contributed by atoms with van der Waals surface area (Å²) in [6.45, 7) is 4.19. The molecule has 1 fully saturated rings. The maximum Gasteiger partial charge on any atom is 0.223 e. The van der Waals surface area contributed by atoms with Gasteiger partial charge >= 0.3 is 0 Å². The standard InChI is InChI=1S/C23H29FN4O3S/c1-3-31-22-13-12-20(14-21(22)27-25)32(30)28-19-10-6-17(7-11-19)23(29)26-15(2)16-4-8-18(24)9-5-16/h4-5,8-9,12-15,17,19,25,28H,3,6-7,10-11H2,1-2H3,(H,26,29)/t15-,17-,19-,32?/m1/s1. The fourth-order valence-electron chi connectivity index (χ4n) is 3.84. The first-order valence-electron chi connectivity index (χ1n) is 10.8. The molecule has 0 spiro atoms. The van der Waals surface area contributed by atoms with Crippen LogP contribution in [0.2, 0.25) is 0 Å². The first-order chi connectivity index (χ1) is 15.4. The van der Waals surface area contributed by atoms with E-state index in [0.717, 1.165) is 18.4 Å². The molecule has 0 aromatic heterocycles. The Balaban J connectivity index is 1.49. The maximum absolute atomic E-state index is 13.1. The molecule has 9 heteroatoms. The minimum absolute atomic E-state index is 0.00499. The molecular weight excluding hydrogens is 431 g/mol. The third kappa shape index (κ3) is 6.27. The average molecular weight is 461 g/mol. The molecule has 1 saturated carbocycles. The van der Waals surface area contributed by atoms with Crippen molar-refractivity contribution < 1.29 is 18.5 Å². The van der Waals surface area contributed by atoms with Crippen LogP contribution < -0.4 is 14.8 Å². The molecule has 172 valence electrons. The molecule has 0 bridgehead atoms. The van der Waals surface area contributed by atoms with Crippen LogP contribution in [0.5, 0.6) is 5.75 Å². The molecule has 1 unspecified atom stereocenters. The zero-order chi connectivity index (χ0) is 23.1. The van der Waals surface area contributed by atoms with Crippen molar-refractivity contribution in [3.63, 3.8) is 0 Å². The third-order valence-electron chi connectivity index (χ3n) is 5.67. The Bertz CT molecular complexity index is 920. The van der Waals surface area contributed by atoms with E-state index in [2.05, 4.69) is 15.2 Å². The van der Waals surface area contributed by atoms with Gasteiger partial charge in [-0.2, -0.15) is 5.11 Å². The average Bonchev–Trinajstić information content (AvgIpc) is 2.80. The summed E-state index contributed by atoms with van der Waals surface area (Å²) in [5.74, 6) is 0.0915. The summed E-state index contributed by atoms with van der Waals surface area (Å²) in [5.41, 5.74) is 8.50. The number of hydrogen-bond acceptors (Lipinski definition) is 6. The first kappa shape index (κ1) is 24.2. The molecular formula is C23H29FN4O3S. The van der Waals surface area contributed by atoms with Crippen molar-refractivity contribution in [1.82, 2.24) is 10.0 Å². The van der Waals surface area contributed by atoms with Gasteiger partial charge in [-0.25, -0.2) is 9.92 Å². The lowest BCUT2D eigenvalue weighted by molar-refractivity contribution is -0.126. The van der Waals surface area contributed by atoms with Gasteiger partial charge in [0, 0.05) is 12.0 Å². The Morgan fingerprint density at radius 2 is 1.94 bits per heavy atom. The predicted octanol–water partition coefficient (Wildman–Crippen LogP) is 4.94. The number of ether oxygens (including phenoxy) is 1. The van der Waals surface area contributed by atoms with Crippen LogP contribution in [0, 0.1) is 17.3 Å². The van der Waals surface area contributed by atoms with Crippen LogP contribution in [-0.4, -0.2) is 23.1 Å². The molecule has 32 heavy (non-hydrogen) atoms. The molecule has 0 heterocycles. The van der Waals surface area contributed by atoms with Crippen molar-refractivity contribution in [2.24, 2.45) is 11.0 Å². The highest BCUT2D eigenvalue weighted by molar-refractivity contribution is 7.89. The Kier molecular flexibility index (Phi) is 8.60. The van der Waals surface area contributed by atoms with Gasteiger partial charge in [0.25, 0.3) is 0 Å². The SMILES string of the molecule is CCOc1ccc([S+]([O-])N[C@H]2CC[C@H](C(=O)N[C@H](C)c3ccc(F)cc3)CC2)cc1N=N. The normalized spacial score (nSPS) is 20.2. The molecule has 2 aromatic rings. The number of halogens is 1. The highest BCUT2D eigenvalue weighted by atomic mass is 32.2. The Morgan fingerprint density at radius 3 is 2.56 bits per heavy atom.